The van der Waals surface area contributed by atoms with Gasteiger partial charge in [-0.3, -0.25) is 0 Å². The zero-order valence-corrected chi connectivity index (χ0v) is 18.9. The first-order valence-corrected chi connectivity index (χ1v) is 11.8. The Hall–Kier alpha value is -3.23. The highest BCUT2D eigenvalue weighted by Crippen LogP contribution is 2.31. The molecule has 0 aliphatic carbocycles. The smallest absolute Gasteiger partial charge is 0.164 e. The summed E-state index contributed by atoms with van der Waals surface area (Å²) >= 11 is 0. The molecule has 0 amide bonds. The molecule has 0 unspecified atom stereocenters. The SMILES string of the molecule is Cc1cccc(-c2ccn(-c3cc(N4CCOCC4)c4ncn(C5CCNCC5)c4n3)n2)c1. The van der Waals surface area contributed by atoms with Gasteiger partial charge < -0.3 is 19.5 Å². The molecule has 8 nitrogen and oxygen atoms in total. The van der Waals surface area contributed by atoms with Gasteiger partial charge in [-0.1, -0.05) is 23.8 Å². The van der Waals surface area contributed by atoms with Gasteiger partial charge in [0.05, 0.1) is 30.9 Å². The number of pyridine rings is 1. The molecule has 0 spiro atoms. The van der Waals surface area contributed by atoms with Crippen molar-refractivity contribution in [1.29, 1.82) is 0 Å². The van der Waals surface area contributed by atoms with E-state index in [-0.39, 0.29) is 0 Å². The van der Waals surface area contributed by atoms with Gasteiger partial charge in [-0.05, 0) is 45.0 Å². The molecular formula is C25H29N7O. The summed E-state index contributed by atoms with van der Waals surface area (Å²) in [5.74, 6) is 0.818. The highest BCUT2D eigenvalue weighted by molar-refractivity contribution is 5.88. The van der Waals surface area contributed by atoms with E-state index >= 15 is 0 Å². The molecular weight excluding hydrogens is 414 g/mol. The van der Waals surface area contributed by atoms with Crippen molar-refractivity contribution in [1.82, 2.24) is 29.6 Å². The van der Waals surface area contributed by atoms with Crippen LogP contribution in [-0.4, -0.2) is 63.7 Å². The largest absolute Gasteiger partial charge is 0.378 e. The van der Waals surface area contributed by atoms with Crippen LogP contribution < -0.4 is 10.2 Å². The number of fused-ring (bicyclic) bond motifs is 1. The molecule has 6 rings (SSSR count). The lowest BCUT2D eigenvalue weighted by molar-refractivity contribution is 0.123. The van der Waals surface area contributed by atoms with Crippen molar-refractivity contribution in [2.75, 3.05) is 44.3 Å². The van der Waals surface area contributed by atoms with Crippen molar-refractivity contribution in [3.8, 4) is 17.1 Å². The second-order valence-electron chi connectivity index (χ2n) is 8.92. The Balaban J connectivity index is 1.46. The molecule has 0 atom stereocenters. The maximum atomic E-state index is 5.60. The molecule has 2 aliphatic heterocycles. The molecule has 0 saturated carbocycles. The van der Waals surface area contributed by atoms with Gasteiger partial charge in [0, 0.05) is 37.0 Å². The lowest BCUT2D eigenvalue weighted by Crippen LogP contribution is -2.36. The molecule has 4 aromatic rings. The number of nitrogens with zero attached hydrogens (tertiary/aromatic N) is 6. The number of rotatable bonds is 4. The number of anilines is 1. The van der Waals surface area contributed by atoms with Gasteiger partial charge in [-0.25, -0.2) is 14.6 Å². The van der Waals surface area contributed by atoms with E-state index in [9.17, 15) is 0 Å². The molecule has 2 fully saturated rings. The van der Waals surface area contributed by atoms with E-state index < -0.39 is 0 Å². The summed E-state index contributed by atoms with van der Waals surface area (Å²) < 4.78 is 9.77. The molecule has 170 valence electrons. The van der Waals surface area contributed by atoms with E-state index in [1.165, 1.54) is 5.56 Å². The number of morpholine rings is 1. The topological polar surface area (TPSA) is 73.0 Å². The Morgan fingerprint density at radius 1 is 1.06 bits per heavy atom. The Kier molecular flexibility index (Phi) is 5.32. The van der Waals surface area contributed by atoms with Crippen molar-refractivity contribution in [3.05, 3.63) is 54.5 Å². The number of benzene rings is 1. The van der Waals surface area contributed by atoms with Gasteiger partial charge in [-0.15, -0.1) is 0 Å². The third kappa shape index (κ3) is 3.89. The van der Waals surface area contributed by atoms with Crippen LogP contribution in [0.5, 0.6) is 0 Å². The molecule has 2 aliphatic rings. The number of imidazole rings is 1. The minimum absolute atomic E-state index is 0.414. The van der Waals surface area contributed by atoms with Gasteiger partial charge in [0.2, 0.25) is 0 Å². The van der Waals surface area contributed by atoms with E-state index in [0.717, 1.165) is 86.2 Å². The first-order valence-electron chi connectivity index (χ1n) is 11.8. The second kappa shape index (κ2) is 8.61. The number of piperidine rings is 1. The molecule has 5 heterocycles. The molecule has 0 bridgehead atoms. The monoisotopic (exact) mass is 443 g/mol. The van der Waals surface area contributed by atoms with Crippen molar-refractivity contribution >= 4 is 16.9 Å². The quantitative estimate of drug-likeness (QED) is 0.522. The van der Waals surface area contributed by atoms with E-state index in [0.29, 0.717) is 6.04 Å². The van der Waals surface area contributed by atoms with Crippen molar-refractivity contribution in [2.24, 2.45) is 0 Å². The van der Waals surface area contributed by atoms with Crippen LogP contribution in [0.1, 0.15) is 24.4 Å². The van der Waals surface area contributed by atoms with Crippen LogP contribution in [0.2, 0.25) is 0 Å². The van der Waals surface area contributed by atoms with Crippen LogP contribution in [0.15, 0.2) is 48.9 Å². The highest BCUT2D eigenvalue weighted by Gasteiger charge is 2.23. The summed E-state index contributed by atoms with van der Waals surface area (Å²) in [6.45, 7) is 7.32. The van der Waals surface area contributed by atoms with Crippen LogP contribution >= 0.6 is 0 Å². The van der Waals surface area contributed by atoms with Crippen molar-refractivity contribution in [2.45, 2.75) is 25.8 Å². The number of ether oxygens (including phenoxy) is 1. The molecule has 33 heavy (non-hydrogen) atoms. The average Bonchev–Trinajstić information content (AvgIpc) is 3.52. The second-order valence-corrected chi connectivity index (χ2v) is 8.92. The summed E-state index contributed by atoms with van der Waals surface area (Å²) in [5.41, 5.74) is 6.29. The fourth-order valence-electron chi connectivity index (χ4n) is 4.90. The molecule has 0 radical (unpaired) electrons. The maximum absolute atomic E-state index is 5.60. The Labute approximate surface area is 193 Å². The molecule has 1 aromatic carbocycles. The number of hydrogen-bond acceptors (Lipinski definition) is 6. The Morgan fingerprint density at radius 3 is 2.73 bits per heavy atom. The van der Waals surface area contributed by atoms with E-state index in [1.807, 2.05) is 17.2 Å². The van der Waals surface area contributed by atoms with Crippen molar-refractivity contribution < 1.29 is 4.74 Å². The predicted molar refractivity (Wildman–Crippen MR) is 129 cm³/mol. The molecule has 8 heteroatoms. The third-order valence-electron chi connectivity index (χ3n) is 6.69. The first kappa shape index (κ1) is 20.4. The highest BCUT2D eigenvalue weighted by atomic mass is 16.5. The van der Waals surface area contributed by atoms with E-state index in [1.54, 1.807) is 0 Å². The standard InChI is InChI=1S/C25H29N7O/c1-18-3-2-4-19(15-18)21-7-10-32(29-21)23-16-22(30-11-13-33-14-12-30)24-25(28-23)31(17-27-24)20-5-8-26-9-6-20/h2-4,7,10,15-17,20,26H,5-6,8-9,11-14H2,1H3. The van der Waals surface area contributed by atoms with Crippen LogP contribution in [0.25, 0.3) is 28.2 Å². The lowest BCUT2D eigenvalue weighted by atomic mass is 10.1. The number of aryl methyl sites for hydroxylation is 1. The average molecular weight is 444 g/mol. The summed E-state index contributed by atoms with van der Waals surface area (Å²) in [6, 6.07) is 13.0. The summed E-state index contributed by atoms with van der Waals surface area (Å²) in [7, 11) is 0. The van der Waals surface area contributed by atoms with Gasteiger partial charge >= 0.3 is 0 Å². The minimum Gasteiger partial charge on any atom is -0.378 e. The minimum atomic E-state index is 0.414. The molecule has 2 saturated heterocycles. The number of nitrogens with one attached hydrogen (secondary N) is 1. The van der Waals surface area contributed by atoms with Gasteiger partial charge in [-0.2, -0.15) is 5.10 Å². The summed E-state index contributed by atoms with van der Waals surface area (Å²) in [5, 5.41) is 8.34. The molecule has 3 aromatic heterocycles. The Morgan fingerprint density at radius 2 is 1.91 bits per heavy atom. The zero-order chi connectivity index (χ0) is 22.2. The normalized spacial score (nSPS) is 17.7. The summed E-state index contributed by atoms with van der Waals surface area (Å²) in [4.78, 5) is 12.3. The summed E-state index contributed by atoms with van der Waals surface area (Å²) in [6.07, 6.45) is 6.15. The Bertz CT molecular complexity index is 1260. The van der Waals surface area contributed by atoms with E-state index in [2.05, 4.69) is 58.1 Å². The number of aromatic nitrogens is 5. The van der Waals surface area contributed by atoms with Crippen LogP contribution in [0, 0.1) is 6.92 Å². The van der Waals surface area contributed by atoms with Crippen LogP contribution in [0.4, 0.5) is 5.69 Å². The third-order valence-corrected chi connectivity index (χ3v) is 6.69. The first-order chi connectivity index (χ1) is 16.3. The van der Waals surface area contributed by atoms with Gasteiger partial charge in [0.25, 0.3) is 0 Å². The van der Waals surface area contributed by atoms with Crippen LogP contribution in [0.3, 0.4) is 0 Å². The lowest BCUT2D eigenvalue weighted by Gasteiger charge is -2.29. The molecule has 1 N–H and O–H groups in total. The fraction of sp³-hybridized carbons (Fsp3) is 0.400. The van der Waals surface area contributed by atoms with Gasteiger partial charge in [0.1, 0.15) is 5.52 Å². The fourth-order valence-corrected chi connectivity index (χ4v) is 4.90. The van der Waals surface area contributed by atoms with Crippen molar-refractivity contribution in [3.63, 3.8) is 0 Å². The van der Waals surface area contributed by atoms with Gasteiger partial charge in [0.15, 0.2) is 11.5 Å². The van der Waals surface area contributed by atoms with Crippen LogP contribution in [-0.2, 0) is 4.74 Å². The predicted octanol–water partition coefficient (Wildman–Crippen LogP) is 3.35. The van der Waals surface area contributed by atoms with E-state index in [4.69, 9.17) is 19.8 Å². The zero-order valence-electron chi connectivity index (χ0n) is 18.9. The maximum Gasteiger partial charge on any atom is 0.164 e. The number of hydrogen-bond donors (Lipinski definition) is 1.